The quantitative estimate of drug-likeness (QED) is 0.277. The average molecular weight is 592 g/mol. The highest BCUT2D eigenvalue weighted by molar-refractivity contribution is 4.88. The van der Waals surface area contributed by atoms with Crippen LogP contribution in [0.2, 0.25) is 0 Å². The van der Waals surface area contributed by atoms with E-state index in [4.69, 9.17) is 0 Å². The minimum atomic E-state index is 0.337. The SMILES string of the molecule is CC(C)(C)C1CCC(C(C)(C)C)CC1.CC(C)(C)C1CCN(C(C)(C)C)CC1.CC(C)(C)N1CCN(C(C)(C)C)CC1. The van der Waals surface area contributed by atoms with Crippen molar-refractivity contribution in [2.24, 2.45) is 34.0 Å². The molecule has 3 nitrogen and oxygen atoms in total. The van der Waals surface area contributed by atoms with Crippen molar-refractivity contribution in [3.05, 3.63) is 0 Å². The van der Waals surface area contributed by atoms with Gasteiger partial charge in [0, 0.05) is 42.8 Å². The van der Waals surface area contributed by atoms with Crippen LogP contribution in [0.15, 0.2) is 0 Å². The highest BCUT2D eigenvalue weighted by atomic mass is 15.3. The zero-order chi connectivity index (χ0) is 32.9. The van der Waals surface area contributed by atoms with E-state index in [1.165, 1.54) is 77.8 Å². The van der Waals surface area contributed by atoms with Crippen LogP contribution in [-0.2, 0) is 0 Å². The molecule has 0 aromatic rings. The molecule has 3 rings (SSSR count). The standard InChI is InChI=1S/C14H28.C13H27N.C12H26N2/c1-13(2,3)11-7-9-12(10-8-11)14(4,5)6;1-12(2,3)11-7-9-14(10-8-11)13(4,5)6;1-11(2,3)13-7-9-14(10-8-13)12(4,5)6/h11-12H,7-10H2,1-6H3;11H,7-10H2,1-6H3;7-10H2,1-6H3. The maximum Gasteiger partial charge on any atom is 0.0126 e. The molecule has 3 heteroatoms. The third-order valence-corrected chi connectivity index (χ3v) is 11.0. The largest absolute Gasteiger partial charge is 0.298 e. The normalized spacial score (nSPS) is 25.3. The van der Waals surface area contributed by atoms with E-state index in [1.54, 1.807) is 0 Å². The summed E-state index contributed by atoms with van der Waals surface area (Å²) in [6.45, 7) is 49.7. The molecule has 0 N–H and O–H groups in total. The number of hydrogen-bond acceptors (Lipinski definition) is 3. The Morgan fingerprint density at radius 3 is 0.667 bits per heavy atom. The second-order valence-corrected chi connectivity index (χ2v) is 20.4. The maximum atomic E-state index is 2.62. The average Bonchev–Trinajstić information content (AvgIpc) is 2.82. The molecule has 0 unspecified atom stereocenters. The van der Waals surface area contributed by atoms with E-state index < -0.39 is 0 Å². The molecule has 0 radical (unpaired) electrons. The number of piperazine rings is 1. The van der Waals surface area contributed by atoms with Crippen LogP contribution in [0, 0.1) is 34.0 Å². The molecule has 0 amide bonds. The molecule has 3 fully saturated rings. The lowest BCUT2D eigenvalue weighted by Gasteiger charge is -2.46. The van der Waals surface area contributed by atoms with Gasteiger partial charge in [0.25, 0.3) is 0 Å². The van der Waals surface area contributed by atoms with Crippen molar-refractivity contribution in [2.45, 2.75) is 180 Å². The maximum absolute atomic E-state index is 2.62. The van der Waals surface area contributed by atoms with E-state index in [2.05, 4.69) is 139 Å². The van der Waals surface area contributed by atoms with Gasteiger partial charge in [0.05, 0.1) is 0 Å². The van der Waals surface area contributed by atoms with Gasteiger partial charge in [-0.15, -0.1) is 0 Å². The van der Waals surface area contributed by atoms with Crippen molar-refractivity contribution in [3.8, 4) is 0 Å². The summed E-state index contributed by atoms with van der Waals surface area (Å²) >= 11 is 0. The number of hydrogen-bond donors (Lipinski definition) is 0. The van der Waals surface area contributed by atoms with Gasteiger partial charge in [0.1, 0.15) is 0 Å². The molecule has 2 aliphatic heterocycles. The fourth-order valence-corrected chi connectivity index (χ4v) is 7.29. The number of nitrogens with zero attached hydrogens (tertiary/aromatic N) is 3. The van der Waals surface area contributed by atoms with Crippen LogP contribution in [0.25, 0.3) is 0 Å². The Hall–Kier alpha value is -0.120. The zero-order valence-electron chi connectivity index (χ0n) is 32.6. The summed E-state index contributed by atoms with van der Waals surface area (Å²) in [5.41, 5.74) is 2.60. The number of rotatable bonds is 0. The molecule has 0 atom stereocenters. The van der Waals surface area contributed by atoms with E-state index in [1.807, 2.05) is 0 Å². The summed E-state index contributed by atoms with van der Waals surface area (Å²) in [7, 11) is 0. The molecule has 0 spiro atoms. The molecule has 2 saturated heterocycles. The van der Waals surface area contributed by atoms with E-state index in [9.17, 15) is 0 Å². The first-order valence-electron chi connectivity index (χ1n) is 17.9. The Morgan fingerprint density at radius 1 is 0.286 bits per heavy atom. The van der Waals surface area contributed by atoms with Crippen molar-refractivity contribution < 1.29 is 0 Å². The molecule has 42 heavy (non-hydrogen) atoms. The van der Waals surface area contributed by atoms with Crippen LogP contribution in [0.4, 0.5) is 0 Å². The topological polar surface area (TPSA) is 9.72 Å². The van der Waals surface area contributed by atoms with Crippen LogP contribution < -0.4 is 0 Å². The summed E-state index contributed by atoms with van der Waals surface area (Å²) in [5.74, 6) is 2.84. The molecule has 252 valence electrons. The highest BCUT2D eigenvalue weighted by Gasteiger charge is 2.35. The van der Waals surface area contributed by atoms with E-state index in [0.29, 0.717) is 32.9 Å². The minimum absolute atomic E-state index is 0.337. The Bertz CT molecular complexity index is 562. The third-order valence-electron chi connectivity index (χ3n) is 11.0. The summed E-state index contributed by atoms with van der Waals surface area (Å²) in [4.78, 5) is 7.78. The third kappa shape index (κ3) is 13.9. The Labute approximate surface area is 267 Å². The second kappa shape index (κ2) is 15.0. The van der Waals surface area contributed by atoms with Gasteiger partial charge in [-0.1, -0.05) is 62.3 Å². The van der Waals surface area contributed by atoms with Crippen molar-refractivity contribution in [1.29, 1.82) is 0 Å². The van der Waals surface area contributed by atoms with Crippen LogP contribution in [0.3, 0.4) is 0 Å². The summed E-state index contributed by atoms with van der Waals surface area (Å²) < 4.78 is 0. The van der Waals surface area contributed by atoms with Crippen molar-refractivity contribution in [1.82, 2.24) is 14.7 Å². The van der Waals surface area contributed by atoms with E-state index in [0.717, 1.165) is 17.8 Å². The number of piperidine rings is 1. The van der Waals surface area contributed by atoms with Crippen LogP contribution in [0.1, 0.15) is 163 Å². The molecular weight excluding hydrogens is 510 g/mol. The highest BCUT2D eigenvalue weighted by Crippen LogP contribution is 2.45. The van der Waals surface area contributed by atoms with Gasteiger partial charge in [-0.3, -0.25) is 14.7 Å². The van der Waals surface area contributed by atoms with Gasteiger partial charge < -0.3 is 0 Å². The summed E-state index contributed by atoms with van der Waals surface area (Å²) in [6.07, 6.45) is 8.55. The smallest absolute Gasteiger partial charge is 0.0126 e. The molecule has 3 aliphatic rings. The van der Waals surface area contributed by atoms with E-state index >= 15 is 0 Å². The molecule has 0 aromatic carbocycles. The molecule has 0 aromatic heterocycles. The van der Waals surface area contributed by atoms with Gasteiger partial charge in [0.15, 0.2) is 0 Å². The molecule has 1 saturated carbocycles. The lowest BCUT2D eigenvalue weighted by Crippen LogP contribution is -2.57. The lowest BCUT2D eigenvalue weighted by molar-refractivity contribution is 0.0211. The van der Waals surface area contributed by atoms with Crippen molar-refractivity contribution in [3.63, 3.8) is 0 Å². The Morgan fingerprint density at radius 2 is 0.476 bits per heavy atom. The fraction of sp³-hybridized carbons (Fsp3) is 1.00. The van der Waals surface area contributed by atoms with Crippen molar-refractivity contribution in [2.75, 3.05) is 39.3 Å². The monoisotopic (exact) mass is 592 g/mol. The van der Waals surface area contributed by atoms with E-state index in [-0.39, 0.29) is 0 Å². The summed E-state index contributed by atoms with van der Waals surface area (Å²) in [6, 6.07) is 0. The first kappa shape index (κ1) is 39.9. The molecule has 2 heterocycles. The molecule has 1 aliphatic carbocycles. The van der Waals surface area contributed by atoms with Gasteiger partial charge in [-0.05, 0) is 148 Å². The molecule has 0 bridgehead atoms. The van der Waals surface area contributed by atoms with Crippen LogP contribution in [0.5, 0.6) is 0 Å². The number of likely N-dealkylation sites (tertiary alicyclic amines) is 1. The van der Waals surface area contributed by atoms with Gasteiger partial charge >= 0.3 is 0 Å². The predicted octanol–water partition coefficient (Wildman–Crippen LogP) is 10.6. The van der Waals surface area contributed by atoms with Gasteiger partial charge in [0.2, 0.25) is 0 Å². The fourth-order valence-electron chi connectivity index (χ4n) is 7.29. The zero-order valence-corrected chi connectivity index (χ0v) is 32.6. The Kier molecular flexibility index (Phi) is 14.2. The lowest BCUT2D eigenvalue weighted by atomic mass is 9.64. The van der Waals surface area contributed by atoms with Gasteiger partial charge in [-0.25, -0.2) is 0 Å². The van der Waals surface area contributed by atoms with Crippen molar-refractivity contribution >= 4 is 0 Å². The first-order chi connectivity index (χ1) is 18.6. The van der Waals surface area contributed by atoms with Crippen LogP contribution in [-0.4, -0.2) is 70.6 Å². The minimum Gasteiger partial charge on any atom is -0.298 e. The first-order valence-corrected chi connectivity index (χ1v) is 17.9. The second-order valence-electron chi connectivity index (χ2n) is 20.4. The van der Waals surface area contributed by atoms with Gasteiger partial charge in [-0.2, -0.15) is 0 Å². The Balaban J connectivity index is 0.000000315. The predicted molar refractivity (Wildman–Crippen MR) is 191 cm³/mol. The van der Waals surface area contributed by atoms with Crippen LogP contribution >= 0.6 is 0 Å². The summed E-state index contributed by atoms with van der Waals surface area (Å²) in [5, 5.41) is 0. The molecular formula is C39H81N3.